The van der Waals surface area contributed by atoms with Crippen molar-refractivity contribution in [1.29, 1.82) is 5.26 Å². The van der Waals surface area contributed by atoms with Crippen molar-refractivity contribution in [2.45, 2.75) is 44.6 Å². The number of benzene rings is 4. The molecule has 0 unspecified atom stereocenters. The maximum atomic E-state index is 15.6. The summed E-state index contributed by atoms with van der Waals surface area (Å²) in [5, 5.41) is 13.4. The summed E-state index contributed by atoms with van der Waals surface area (Å²) in [5.41, 5.74) is 5.23. The number of carbonyl (C=O) groups is 2. The summed E-state index contributed by atoms with van der Waals surface area (Å²) < 4.78 is 30.1. The van der Waals surface area contributed by atoms with Crippen LogP contribution in [0.5, 0.6) is 0 Å². The molecule has 46 heavy (non-hydrogen) atoms. The van der Waals surface area contributed by atoms with E-state index < -0.39 is 6.04 Å². The van der Waals surface area contributed by atoms with Crippen LogP contribution in [0.3, 0.4) is 0 Å². The lowest BCUT2D eigenvalue weighted by molar-refractivity contribution is -0.122. The van der Waals surface area contributed by atoms with Gasteiger partial charge in [0.15, 0.2) is 6.29 Å². The third-order valence-electron chi connectivity index (χ3n) is 9.49. The lowest BCUT2D eigenvalue weighted by atomic mass is 9.89. The second-order valence-electron chi connectivity index (χ2n) is 12.4. The maximum Gasteiger partial charge on any atom is 0.246 e. The number of rotatable bonds is 8. The number of likely N-dealkylation sites (N-methyl/N-ethyl adjacent to an activating group) is 1. The van der Waals surface area contributed by atoms with Gasteiger partial charge in [-0.15, -0.1) is 0 Å². The molecule has 2 aliphatic rings. The van der Waals surface area contributed by atoms with Crippen molar-refractivity contribution in [1.82, 2.24) is 5.32 Å². The summed E-state index contributed by atoms with van der Waals surface area (Å²) in [6, 6.07) is 21.0. The molecule has 2 fully saturated rings. The van der Waals surface area contributed by atoms with Gasteiger partial charge in [0, 0.05) is 48.9 Å². The molecule has 2 heterocycles. The van der Waals surface area contributed by atoms with E-state index in [1.165, 1.54) is 6.07 Å². The molecule has 0 spiro atoms. The van der Waals surface area contributed by atoms with Crippen molar-refractivity contribution in [2.75, 3.05) is 29.9 Å². The molecule has 2 saturated heterocycles. The number of anilines is 2. The smallest absolute Gasteiger partial charge is 0.246 e. The summed E-state index contributed by atoms with van der Waals surface area (Å²) >= 11 is 0. The summed E-state index contributed by atoms with van der Waals surface area (Å²) in [6.07, 6.45) is 4.97. The molecule has 4 aromatic rings. The molecule has 6 rings (SSSR count). The molecule has 1 amide bonds. The molecule has 0 aromatic heterocycles. The maximum absolute atomic E-state index is 15.6. The zero-order valence-corrected chi connectivity index (χ0v) is 25.9. The normalized spacial score (nSPS) is 17.1. The van der Waals surface area contributed by atoms with Crippen LogP contribution in [0.25, 0.3) is 10.8 Å². The number of aldehydes is 1. The Morgan fingerprint density at radius 1 is 1.02 bits per heavy atom. The van der Waals surface area contributed by atoms with Crippen LogP contribution in [-0.2, 0) is 17.6 Å². The molecule has 0 aliphatic carbocycles. The van der Waals surface area contributed by atoms with Crippen molar-refractivity contribution in [3.8, 4) is 6.07 Å². The summed E-state index contributed by atoms with van der Waals surface area (Å²) in [5.74, 6) is -0.403. The van der Waals surface area contributed by atoms with E-state index in [1.54, 1.807) is 24.3 Å². The molecule has 1 atom stereocenters. The standard InChI is InChI=1S/C38H36F2N4O2/c1-24-6-11-36(38(46)42-24)43(2)35-13-10-28(31-5-3-4-30(23-45)37(31)35)21-29-9-7-26(19-32(29)39)18-25-14-16-44(17-15-25)34-12-8-27(22-41)20-33(34)40/h3-5,7-10,12-13,19-20,23,25,36H,1,6,11,14-18,21H2,2H3,(H,42,46)/t36-/m0/s1. The van der Waals surface area contributed by atoms with Gasteiger partial charge in [0.05, 0.1) is 17.3 Å². The molecule has 234 valence electrons. The summed E-state index contributed by atoms with van der Waals surface area (Å²) in [7, 11) is 1.86. The molecular formula is C38H36F2N4O2. The van der Waals surface area contributed by atoms with Crippen LogP contribution in [0.15, 0.2) is 79.0 Å². The van der Waals surface area contributed by atoms with Gasteiger partial charge in [0.1, 0.15) is 17.7 Å². The minimum Gasteiger partial charge on any atom is -0.369 e. The second-order valence-corrected chi connectivity index (χ2v) is 12.4. The highest BCUT2D eigenvalue weighted by atomic mass is 19.1. The third-order valence-corrected chi connectivity index (χ3v) is 9.49. The van der Waals surface area contributed by atoms with Crippen LogP contribution in [0.1, 0.15) is 58.3 Å². The second kappa shape index (κ2) is 13.1. The average molecular weight is 619 g/mol. The quantitative estimate of drug-likeness (QED) is 0.214. The van der Waals surface area contributed by atoms with E-state index in [0.29, 0.717) is 66.3 Å². The van der Waals surface area contributed by atoms with Crippen LogP contribution >= 0.6 is 0 Å². The van der Waals surface area contributed by atoms with Gasteiger partial charge in [-0.25, -0.2) is 8.78 Å². The zero-order valence-electron chi connectivity index (χ0n) is 25.9. The Morgan fingerprint density at radius 2 is 1.80 bits per heavy atom. The molecule has 4 aromatic carbocycles. The molecule has 6 nitrogen and oxygen atoms in total. The fourth-order valence-electron chi connectivity index (χ4n) is 6.93. The Bertz CT molecular complexity index is 1870. The first-order valence-electron chi connectivity index (χ1n) is 15.7. The number of carbonyl (C=O) groups excluding carboxylic acids is 2. The van der Waals surface area contributed by atoms with Crippen LogP contribution in [0, 0.1) is 28.9 Å². The number of hydrogen-bond donors (Lipinski definition) is 1. The SMILES string of the molecule is C=C1CC[C@H](N(C)c2ccc(Cc3ccc(CC4CCN(c5ccc(C#N)cc5F)CC4)cc3F)c3cccc(C=O)c23)C(=O)N1. The minimum absolute atomic E-state index is 0.118. The molecule has 0 saturated carbocycles. The number of allylic oxidation sites excluding steroid dienone is 1. The largest absolute Gasteiger partial charge is 0.369 e. The number of halogens is 2. The van der Waals surface area contributed by atoms with Crippen molar-refractivity contribution < 1.29 is 18.4 Å². The van der Waals surface area contributed by atoms with Crippen molar-refractivity contribution in [3.63, 3.8) is 0 Å². The Hall–Kier alpha value is -5.03. The fraction of sp³-hybridized carbons (Fsp3) is 0.289. The molecule has 0 radical (unpaired) electrons. The highest BCUT2D eigenvalue weighted by Gasteiger charge is 2.29. The van der Waals surface area contributed by atoms with Gasteiger partial charge in [0.2, 0.25) is 5.91 Å². The summed E-state index contributed by atoms with van der Waals surface area (Å²) in [4.78, 5) is 28.8. The first-order valence-corrected chi connectivity index (χ1v) is 15.7. The topological polar surface area (TPSA) is 76.4 Å². The predicted molar refractivity (Wildman–Crippen MR) is 177 cm³/mol. The fourth-order valence-corrected chi connectivity index (χ4v) is 6.93. The first kappa shape index (κ1) is 31.0. The number of hydrogen-bond acceptors (Lipinski definition) is 5. The van der Waals surface area contributed by atoms with Gasteiger partial charge >= 0.3 is 0 Å². The Morgan fingerprint density at radius 3 is 2.50 bits per heavy atom. The van der Waals surface area contributed by atoms with Crippen molar-refractivity contribution in [2.24, 2.45) is 5.92 Å². The van der Waals surface area contributed by atoms with E-state index in [1.807, 2.05) is 59.3 Å². The van der Waals surface area contributed by atoms with Gasteiger partial charge in [0.25, 0.3) is 0 Å². The predicted octanol–water partition coefficient (Wildman–Crippen LogP) is 7.08. The van der Waals surface area contributed by atoms with E-state index in [4.69, 9.17) is 5.26 Å². The van der Waals surface area contributed by atoms with Gasteiger partial charge < -0.3 is 15.1 Å². The van der Waals surface area contributed by atoms with Crippen LogP contribution in [0.4, 0.5) is 20.2 Å². The highest BCUT2D eigenvalue weighted by molar-refractivity contribution is 6.07. The Kier molecular flexibility index (Phi) is 8.85. The molecule has 2 aliphatic heterocycles. The van der Waals surface area contributed by atoms with E-state index in [2.05, 4.69) is 11.9 Å². The number of piperidine rings is 2. The van der Waals surface area contributed by atoms with Crippen molar-refractivity contribution >= 4 is 34.3 Å². The number of nitrogens with one attached hydrogen (secondary N) is 1. The number of fused-ring (bicyclic) bond motifs is 1. The van der Waals surface area contributed by atoms with Gasteiger partial charge in [-0.05, 0) is 90.4 Å². The van der Waals surface area contributed by atoms with Crippen LogP contribution < -0.4 is 15.1 Å². The molecular weight excluding hydrogens is 582 g/mol. The molecule has 8 heteroatoms. The lowest BCUT2D eigenvalue weighted by Gasteiger charge is -2.34. The number of nitriles is 1. The van der Waals surface area contributed by atoms with Gasteiger partial charge in [-0.1, -0.05) is 43.0 Å². The minimum atomic E-state index is -0.395. The van der Waals surface area contributed by atoms with Gasteiger partial charge in [-0.3, -0.25) is 9.59 Å². The Balaban J connectivity index is 1.17. The number of nitrogens with zero attached hydrogens (tertiary/aromatic N) is 3. The number of amides is 1. The molecule has 0 bridgehead atoms. The van der Waals surface area contributed by atoms with E-state index in [-0.39, 0.29) is 17.5 Å². The first-order chi connectivity index (χ1) is 22.2. The molecule has 1 N–H and O–H groups in total. The van der Waals surface area contributed by atoms with Crippen LogP contribution in [-0.4, -0.2) is 38.4 Å². The third kappa shape index (κ3) is 6.23. The average Bonchev–Trinajstić information content (AvgIpc) is 3.06. The van der Waals surface area contributed by atoms with Gasteiger partial charge in [-0.2, -0.15) is 5.26 Å². The van der Waals surface area contributed by atoms with E-state index in [0.717, 1.165) is 53.1 Å². The monoisotopic (exact) mass is 618 g/mol. The summed E-state index contributed by atoms with van der Waals surface area (Å²) in [6.45, 7) is 5.28. The Labute approximate surface area is 267 Å². The van der Waals surface area contributed by atoms with Crippen molar-refractivity contribution in [3.05, 3.63) is 118 Å². The van der Waals surface area contributed by atoms with E-state index >= 15 is 4.39 Å². The van der Waals surface area contributed by atoms with E-state index in [9.17, 15) is 14.0 Å². The van der Waals surface area contributed by atoms with Crippen LogP contribution in [0.2, 0.25) is 0 Å². The lowest BCUT2D eigenvalue weighted by Crippen LogP contribution is -2.48. The zero-order chi connectivity index (χ0) is 32.4. The highest BCUT2D eigenvalue weighted by Crippen LogP contribution is 2.35.